The first kappa shape index (κ1) is 11.5. The Morgan fingerprint density at radius 2 is 2.29 bits per heavy atom. The van der Waals surface area contributed by atoms with E-state index in [0.717, 1.165) is 26.1 Å². The summed E-state index contributed by atoms with van der Waals surface area (Å²) in [5.41, 5.74) is 0. The van der Waals surface area contributed by atoms with Crippen molar-refractivity contribution in [3.63, 3.8) is 0 Å². The van der Waals surface area contributed by atoms with Crippen molar-refractivity contribution in [3.05, 3.63) is 0 Å². The van der Waals surface area contributed by atoms with E-state index in [9.17, 15) is 4.79 Å². The Morgan fingerprint density at radius 1 is 1.57 bits per heavy atom. The highest BCUT2D eigenvalue weighted by Crippen LogP contribution is 2.13. The molecular weight excluding hydrogens is 176 g/mol. The fourth-order valence-electron chi connectivity index (χ4n) is 2.03. The van der Waals surface area contributed by atoms with Crippen LogP contribution in [0.15, 0.2) is 0 Å². The van der Waals surface area contributed by atoms with E-state index in [1.165, 1.54) is 6.42 Å². The third-order valence-corrected chi connectivity index (χ3v) is 2.83. The molecule has 3 heteroatoms. The molecule has 0 spiro atoms. The van der Waals surface area contributed by atoms with Crippen molar-refractivity contribution < 1.29 is 4.79 Å². The summed E-state index contributed by atoms with van der Waals surface area (Å²) in [6, 6.07) is 0.420. The zero-order valence-corrected chi connectivity index (χ0v) is 9.55. The van der Waals surface area contributed by atoms with Crippen molar-refractivity contribution in [2.75, 3.05) is 19.6 Å². The van der Waals surface area contributed by atoms with Crippen LogP contribution in [0.3, 0.4) is 0 Å². The first-order valence-corrected chi connectivity index (χ1v) is 5.68. The molecule has 1 aliphatic heterocycles. The van der Waals surface area contributed by atoms with Crippen LogP contribution in [0.2, 0.25) is 0 Å². The second-order valence-corrected chi connectivity index (χ2v) is 4.28. The molecule has 1 fully saturated rings. The van der Waals surface area contributed by atoms with E-state index in [1.807, 2.05) is 18.7 Å². The Balaban J connectivity index is 2.55. The van der Waals surface area contributed by atoms with Gasteiger partial charge in [-0.15, -0.1) is 0 Å². The predicted octanol–water partition coefficient (Wildman–Crippen LogP) is 1.24. The lowest BCUT2D eigenvalue weighted by Crippen LogP contribution is -2.49. The van der Waals surface area contributed by atoms with Crippen LogP contribution in [0.4, 0.5) is 0 Å². The lowest BCUT2D eigenvalue weighted by molar-refractivity contribution is -0.136. The van der Waals surface area contributed by atoms with E-state index in [0.29, 0.717) is 11.9 Å². The van der Waals surface area contributed by atoms with Gasteiger partial charge in [0.05, 0.1) is 0 Å². The molecule has 1 saturated heterocycles. The summed E-state index contributed by atoms with van der Waals surface area (Å²) in [6.07, 6.45) is 2.34. The second-order valence-electron chi connectivity index (χ2n) is 4.28. The standard InChI is InChI=1S/C11H22N2O/c1-4-13(11(14)9(2)3)10-6-5-7-12-8-10/h9-10,12H,4-8H2,1-3H3. The summed E-state index contributed by atoms with van der Waals surface area (Å²) < 4.78 is 0. The molecule has 1 heterocycles. The minimum absolute atomic E-state index is 0.122. The number of carbonyl (C=O) groups excluding carboxylic acids is 1. The summed E-state index contributed by atoms with van der Waals surface area (Å²) in [4.78, 5) is 13.9. The minimum Gasteiger partial charge on any atom is -0.338 e. The molecule has 1 atom stereocenters. The third-order valence-electron chi connectivity index (χ3n) is 2.83. The number of nitrogens with one attached hydrogen (secondary N) is 1. The number of rotatable bonds is 3. The molecule has 3 nitrogen and oxygen atoms in total. The quantitative estimate of drug-likeness (QED) is 0.740. The van der Waals surface area contributed by atoms with E-state index in [4.69, 9.17) is 0 Å². The normalized spacial score (nSPS) is 22.4. The molecule has 1 aliphatic rings. The molecule has 0 aromatic carbocycles. The topological polar surface area (TPSA) is 32.3 Å². The Labute approximate surface area is 86.9 Å². The van der Waals surface area contributed by atoms with Crippen LogP contribution in [0.25, 0.3) is 0 Å². The van der Waals surface area contributed by atoms with Crippen LogP contribution in [-0.2, 0) is 4.79 Å². The van der Waals surface area contributed by atoms with E-state index in [2.05, 4.69) is 12.2 Å². The molecular formula is C11H22N2O. The maximum absolute atomic E-state index is 11.9. The Kier molecular flexibility index (Phi) is 4.39. The minimum atomic E-state index is 0.122. The van der Waals surface area contributed by atoms with Gasteiger partial charge >= 0.3 is 0 Å². The van der Waals surface area contributed by atoms with Crippen molar-refractivity contribution in [1.29, 1.82) is 0 Å². The molecule has 0 aromatic heterocycles. The van der Waals surface area contributed by atoms with Crippen molar-refractivity contribution in [1.82, 2.24) is 10.2 Å². The van der Waals surface area contributed by atoms with Gasteiger partial charge < -0.3 is 10.2 Å². The Morgan fingerprint density at radius 3 is 2.71 bits per heavy atom. The monoisotopic (exact) mass is 198 g/mol. The van der Waals surface area contributed by atoms with Gasteiger partial charge in [0, 0.05) is 25.0 Å². The summed E-state index contributed by atoms with van der Waals surface area (Å²) >= 11 is 0. The molecule has 0 bridgehead atoms. The number of piperidine rings is 1. The Bertz CT molecular complexity index is 186. The van der Waals surface area contributed by atoms with Gasteiger partial charge in [-0.25, -0.2) is 0 Å². The Hall–Kier alpha value is -0.570. The van der Waals surface area contributed by atoms with Gasteiger partial charge in [0.1, 0.15) is 0 Å². The van der Waals surface area contributed by atoms with Crippen LogP contribution in [0.1, 0.15) is 33.6 Å². The molecule has 14 heavy (non-hydrogen) atoms. The van der Waals surface area contributed by atoms with Crippen LogP contribution in [-0.4, -0.2) is 36.5 Å². The molecule has 0 radical (unpaired) electrons. The number of nitrogens with zero attached hydrogens (tertiary/aromatic N) is 1. The molecule has 1 amide bonds. The number of carbonyl (C=O) groups is 1. The third kappa shape index (κ3) is 2.71. The number of amides is 1. The molecule has 0 aromatic rings. The molecule has 0 aliphatic carbocycles. The van der Waals surface area contributed by atoms with Crippen LogP contribution >= 0.6 is 0 Å². The fourth-order valence-corrected chi connectivity index (χ4v) is 2.03. The lowest BCUT2D eigenvalue weighted by Gasteiger charge is -2.35. The van der Waals surface area contributed by atoms with Crippen molar-refractivity contribution in [2.24, 2.45) is 5.92 Å². The first-order valence-electron chi connectivity index (χ1n) is 5.68. The number of hydrogen-bond donors (Lipinski definition) is 1. The first-order chi connectivity index (χ1) is 6.66. The highest BCUT2D eigenvalue weighted by atomic mass is 16.2. The average molecular weight is 198 g/mol. The van der Waals surface area contributed by atoms with Crippen molar-refractivity contribution >= 4 is 5.91 Å². The fraction of sp³-hybridized carbons (Fsp3) is 0.909. The zero-order valence-electron chi connectivity index (χ0n) is 9.55. The van der Waals surface area contributed by atoms with Crippen LogP contribution in [0.5, 0.6) is 0 Å². The lowest BCUT2D eigenvalue weighted by atomic mass is 10.0. The largest absolute Gasteiger partial charge is 0.338 e. The van der Waals surface area contributed by atoms with Gasteiger partial charge in [-0.3, -0.25) is 4.79 Å². The van der Waals surface area contributed by atoms with E-state index in [-0.39, 0.29) is 5.92 Å². The maximum atomic E-state index is 11.9. The SMILES string of the molecule is CCN(C(=O)C(C)C)C1CCCNC1. The van der Waals surface area contributed by atoms with Gasteiger partial charge in [-0.05, 0) is 26.3 Å². The smallest absolute Gasteiger partial charge is 0.225 e. The zero-order chi connectivity index (χ0) is 10.6. The van der Waals surface area contributed by atoms with E-state index < -0.39 is 0 Å². The van der Waals surface area contributed by atoms with Gasteiger partial charge in [-0.1, -0.05) is 13.8 Å². The average Bonchev–Trinajstić information content (AvgIpc) is 2.20. The predicted molar refractivity (Wildman–Crippen MR) is 58.1 cm³/mol. The molecule has 82 valence electrons. The highest BCUT2D eigenvalue weighted by Gasteiger charge is 2.25. The second kappa shape index (κ2) is 5.35. The van der Waals surface area contributed by atoms with Gasteiger partial charge in [0.2, 0.25) is 5.91 Å². The van der Waals surface area contributed by atoms with Crippen molar-refractivity contribution in [3.8, 4) is 0 Å². The van der Waals surface area contributed by atoms with Gasteiger partial charge in [-0.2, -0.15) is 0 Å². The molecule has 1 N–H and O–H groups in total. The summed E-state index contributed by atoms with van der Waals surface area (Å²) in [6.45, 7) is 8.91. The highest BCUT2D eigenvalue weighted by molar-refractivity contribution is 5.78. The number of hydrogen-bond acceptors (Lipinski definition) is 2. The van der Waals surface area contributed by atoms with Crippen LogP contribution in [0, 0.1) is 5.92 Å². The molecule has 1 rings (SSSR count). The van der Waals surface area contributed by atoms with Crippen LogP contribution < -0.4 is 5.32 Å². The maximum Gasteiger partial charge on any atom is 0.225 e. The van der Waals surface area contributed by atoms with E-state index >= 15 is 0 Å². The van der Waals surface area contributed by atoms with E-state index in [1.54, 1.807) is 0 Å². The summed E-state index contributed by atoms with van der Waals surface area (Å²) in [5.74, 6) is 0.415. The number of likely N-dealkylation sites (N-methyl/N-ethyl adjacent to an activating group) is 1. The summed E-state index contributed by atoms with van der Waals surface area (Å²) in [5, 5.41) is 3.35. The van der Waals surface area contributed by atoms with Crippen molar-refractivity contribution in [2.45, 2.75) is 39.7 Å². The molecule has 0 saturated carbocycles. The van der Waals surface area contributed by atoms with Gasteiger partial charge in [0.15, 0.2) is 0 Å². The van der Waals surface area contributed by atoms with Gasteiger partial charge in [0.25, 0.3) is 0 Å². The molecule has 1 unspecified atom stereocenters. The summed E-state index contributed by atoms with van der Waals surface area (Å²) in [7, 11) is 0.